The summed E-state index contributed by atoms with van der Waals surface area (Å²) < 4.78 is 20.0. The summed E-state index contributed by atoms with van der Waals surface area (Å²) in [4.78, 5) is 23.9. The number of amides is 1. The Labute approximate surface area is 198 Å². The third kappa shape index (κ3) is 5.06. The highest BCUT2D eigenvalue weighted by Gasteiger charge is 2.28. The smallest absolute Gasteiger partial charge is 0.255 e. The molecule has 0 saturated carbocycles. The summed E-state index contributed by atoms with van der Waals surface area (Å²) in [6.45, 7) is 1.27. The average molecular weight is 456 g/mol. The predicted octanol–water partition coefficient (Wildman–Crippen LogP) is 5.41. The summed E-state index contributed by atoms with van der Waals surface area (Å²) in [5.41, 5.74) is 3.03. The molecule has 1 aliphatic rings. The Kier molecular flexibility index (Phi) is 6.47. The van der Waals surface area contributed by atoms with E-state index < -0.39 is 0 Å². The maximum Gasteiger partial charge on any atom is 0.255 e. The highest BCUT2D eigenvalue weighted by molar-refractivity contribution is 5.94. The lowest BCUT2D eigenvalue weighted by molar-refractivity contribution is 0.0697. The number of pyridine rings is 1. The number of benzene rings is 2. The fourth-order valence-electron chi connectivity index (χ4n) is 4.43. The van der Waals surface area contributed by atoms with Crippen LogP contribution in [0.1, 0.15) is 57.6 Å². The molecular formula is C28H26FN3O2. The predicted molar refractivity (Wildman–Crippen MR) is 127 cm³/mol. The molecule has 3 heterocycles. The lowest BCUT2D eigenvalue weighted by atomic mass is 9.97. The Morgan fingerprint density at radius 3 is 2.59 bits per heavy atom. The van der Waals surface area contributed by atoms with Crippen LogP contribution in [0.5, 0.6) is 0 Å². The number of rotatable bonds is 6. The van der Waals surface area contributed by atoms with Gasteiger partial charge in [0.25, 0.3) is 5.91 Å². The molecule has 5 rings (SSSR count). The van der Waals surface area contributed by atoms with Crippen LogP contribution in [0.25, 0.3) is 0 Å². The molecular weight excluding hydrogens is 429 g/mol. The van der Waals surface area contributed by atoms with E-state index in [1.165, 1.54) is 11.6 Å². The lowest BCUT2D eigenvalue weighted by Gasteiger charge is -2.31. The summed E-state index contributed by atoms with van der Waals surface area (Å²) in [6.07, 6.45) is 6.31. The average Bonchev–Trinajstić information content (AvgIpc) is 3.35. The Hall–Kier alpha value is -3.80. The maximum atomic E-state index is 13.9. The second kappa shape index (κ2) is 10.00. The number of halogens is 1. The second-order valence-electron chi connectivity index (χ2n) is 8.72. The second-order valence-corrected chi connectivity index (χ2v) is 8.72. The zero-order chi connectivity index (χ0) is 23.3. The van der Waals surface area contributed by atoms with Crippen LogP contribution < -0.4 is 0 Å². The molecule has 0 bridgehead atoms. The van der Waals surface area contributed by atoms with Gasteiger partial charge in [0.15, 0.2) is 5.89 Å². The number of piperidine rings is 1. The summed E-state index contributed by atoms with van der Waals surface area (Å²) in [5, 5.41) is 0. The van der Waals surface area contributed by atoms with Crippen molar-refractivity contribution in [3.05, 3.63) is 119 Å². The highest BCUT2D eigenvalue weighted by atomic mass is 19.1. The molecule has 0 N–H and O–H groups in total. The molecule has 6 heteroatoms. The molecule has 2 aromatic heterocycles. The van der Waals surface area contributed by atoms with Crippen LogP contribution >= 0.6 is 0 Å². The van der Waals surface area contributed by atoms with Gasteiger partial charge < -0.3 is 9.32 Å². The highest BCUT2D eigenvalue weighted by Crippen LogP contribution is 2.28. The van der Waals surface area contributed by atoms with Crippen molar-refractivity contribution in [2.75, 3.05) is 13.1 Å². The van der Waals surface area contributed by atoms with Crippen molar-refractivity contribution >= 4 is 5.91 Å². The number of oxazole rings is 1. The Bertz CT molecular complexity index is 1250. The van der Waals surface area contributed by atoms with Gasteiger partial charge in [0, 0.05) is 37.8 Å². The van der Waals surface area contributed by atoms with E-state index in [1.807, 2.05) is 29.2 Å². The first-order valence-corrected chi connectivity index (χ1v) is 11.6. The van der Waals surface area contributed by atoms with Crippen molar-refractivity contribution in [3.8, 4) is 0 Å². The third-order valence-corrected chi connectivity index (χ3v) is 6.25. The number of likely N-dealkylation sites (tertiary alicyclic amines) is 1. The van der Waals surface area contributed by atoms with E-state index in [0.717, 1.165) is 24.3 Å². The number of carbonyl (C=O) groups excluding carboxylic acids is 1. The minimum atomic E-state index is -0.248. The van der Waals surface area contributed by atoms with Gasteiger partial charge in [0.2, 0.25) is 0 Å². The molecule has 1 aliphatic heterocycles. The normalized spacial score (nSPS) is 15.9. The first-order valence-electron chi connectivity index (χ1n) is 11.6. The Morgan fingerprint density at radius 1 is 0.971 bits per heavy atom. The molecule has 0 radical (unpaired) electrons. The minimum Gasteiger partial charge on any atom is -0.445 e. The summed E-state index contributed by atoms with van der Waals surface area (Å²) in [5.74, 6) is 1.31. The molecule has 1 saturated heterocycles. The van der Waals surface area contributed by atoms with Gasteiger partial charge in [0.1, 0.15) is 11.6 Å². The zero-order valence-electron chi connectivity index (χ0n) is 18.9. The van der Waals surface area contributed by atoms with Crippen LogP contribution in [0.15, 0.2) is 83.5 Å². The van der Waals surface area contributed by atoms with E-state index in [2.05, 4.69) is 22.1 Å². The molecule has 0 spiro atoms. The molecule has 1 atom stereocenters. The quantitative estimate of drug-likeness (QED) is 0.390. The fourth-order valence-corrected chi connectivity index (χ4v) is 4.43. The molecule has 0 aliphatic carbocycles. The summed E-state index contributed by atoms with van der Waals surface area (Å²) >= 11 is 0. The van der Waals surface area contributed by atoms with Gasteiger partial charge >= 0.3 is 0 Å². The van der Waals surface area contributed by atoms with Gasteiger partial charge in [-0.3, -0.25) is 9.78 Å². The molecule has 172 valence electrons. The van der Waals surface area contributed by atoms with Gasteiger partial charge in [-0.2, -0.15) is 0 Å². The van der Waals surface area contributed by atoms with Crippen molar-refractivity contribution in [2.24, 2.45) is 0 Å². The third-order valence-electron chi connectivity index (χ3n) is 6.25. The van der Waals surface area contributed by atoms with Gasteiger partial charge in [-0.05, 0) is 42.2 Å². The van der Waals surface area contributed by atoms with Crippen molar-refractivity contribution in [1.29, 1.82) is 0 Å². The number of hydrogen-bond donors (Lipinski definition) is 0. The van der Waals surface area contributed by atoms with E-state index in [9.17, 15) is 9.18 Å². The van der Waals surface area contributed by atoms with Crippen LogP contribution in [-0.2, 0) is 12.8 Å². The lowest BCUT2D eigenvalue weighted by Crippen LogP contribution is -2.39. The maximum absolute atomic E-state index is 13.9. The molecule has 5 nitrogen and oxygen atoms in total. The molecule has 0 unspecified atom stereocenters. The largest absolute Gasteiger partial charge is 0.445 e. The number of hydrogen-bond acceptors (Lipinski definition) is 4. The number of aromatic nitrogens is 2. The minimum absolute atomic E-state index is 0.0503. The SMILES string of the molecule is O=C(c1ccc(Cc2ccccc2F)nc1)N1CCC[C@@H](c2ncc(Cc3ccccc3)o2)C1. The van der Waals surface area contributed by atoms with E-state index >= 15 is 0 Å². The van der Waals surface area contributed by atoms with Crippen LogP contribution in [-0.4, -0.2) is 33.9 Å². The summed E-state index contributed by atoms with van der Waals surface area (Å²) in [6, 6.07) is 20.4. The van der Waals surface area contributed by atoms with Gasteiger partial charge in [-0.25, -0.2) is 9.37 Å². The number of carbonyl (C=O) groups is 1. The van der Waals surface area contributed by atoms with Crippen LogP contribution in [0.4, 0.5) is 4.39 Å². The summed E-state index contributed by atoms with van der Waals surface area (Å²) in [7, 11) is 0. The van der Waals surface area contributed by atoms with Gasteiger partial charge in [-0.15, -0.1) is 0 Å². The van der Waals surface area contributed by atoms with Crippen LogP contribution in [0, 0.1) is 5.82 Å². The molecule has 4 aromatic rings. The Morgan fingerprint density at radius 2 is 1.79 bits per heavy atom. The fraction of sp³-hybridized carbons (Fsp3) is 0.250. The first kappa shape index (κ1) is 22.0. The van der Waals surface area contributed by atoms with Crippen molar-refractivity contribution < 1.29 is 13.6 Å². The Balaban J connectivity index is 1.22. The zero-order valence-corrected chi connectivity index (χ0v) is 18.9. The van der Waals surface area contributed by atoms with Gasteiger partial charge in [-0.1, -0.05) is 48.5 Å². The topological polar surface area (TPSA) is 59.2 Å². The van der Waals surface area contributed by atoms with Gasteiger partial charge in [0.05, 0.1) is 17.7 Å². The molecule has 2 aromatic carbocycles. The van der Waals surface area contributed by atoms with Crippen molar-refractivity contribution in [1.82, 2.24) is 14.9 Å². The number of nitrogens with zero attached hydrogens (tertiary/aromatic N) is 3. The van der Waals surface area contributed by atoms with Crippen LogP contribution in [0.2, 0.25) is 0 Å². The van der Waals surface area contributed by atoms with E-state index in [1.54, 1.807) is 36.7 Å². The van der Waals surface area contributed by atoms with Crippen molar-refractivity contribution in [2.45, 2.75) is 31.6 Å². The molecule has 1 fully saturated rings. The molecule has 1 amide bonds. The van der Waals surface area contributed by atoms with Crippen LogP contribution in [0.3, 0.4) is 0 Å². The van der Waals surface area contributed by atoms with E-state index in [-0.39, 0.29) is 17.6 Å². The van der Waals surface area contributed by atoms with Crippen molar-refractivity contribution in [3.63, 3.8) is 0 Å². The standard InChI is InChI=1S/C28H26FN3O2/c29-26-11-5-4-9-21(26)16-24-13-12-22(17-30-24)28(33)32-14-6-10-23(19-32)27-31-18-25(34-27)15-20-7-2-1-3-8-20/h1-5,7-9,11-13,17-18,23H,6,10,14-16,19H2/t23-/m1/s1. The van der Waals surface area contributed by atoms with E-state index in [0.29, 0.717) is 42.9 Å². The van der Waals surface area contributed by atoms with E-state index in [4.69, 9.17) is 4.42 Å². The molecule has 34 heavy (non-hydrogen) atoms. The monoisotopic (exact) mass is 455 g/mol. The first-order chi connectivity index (χ1) is 16.7.